The number of nitrogens with zero attached hydrogens (tertiary/aromatic N) is 4. The number of pyridine rings is 1. The molecule has 2 atom stereocenters. The summed E-state index contributed by atoms with van der Waals surface area (Å²) in [4.78, 5) is 17.1. The van der Waals surface area contributed by atoms with E-state index in [0.29, 0.717) is 23.2 Å². The molecule has 3 aromatic rings. The lowest BCUT2D eigenvalue weighted by molar-refractivity contribution is 0.0484. The Morgan fingerprint density at radius 1 is 1.03 bits per heavy atom. The quantitative estimate of drug-likeness (QED) is 0.348. The average molecular weight is 545 g/mol. The highest BCUT2D eigenvalue weighted by atomic mass is 32.2. The molecule has 2 N–H and O–H groups in total. The van der Waals surface area contributed by atoms with Crippen LogP contribution in [0.3, 0.4) is 0 Å². The smallest absolute Gasteiger partial charge is 0.237 e. The van der Waals surface area contributed by atoms with Crippen LogP contribution in [-0.4, -0.2) is 52.1 Å². The Morgan fingerprint density at radius 3 is 2.62 bits per heavy atom. The third-order valence-electron chi connectivity index (χ3n) is 8.60. The molecule has 206 valence electrons. The normalized spacial score (nSPS) is 21.7. The van der Waals surface area contributed by atoms with Gasteiger partial charge in [0.2, 0.25) is 11.8 Å². The van der Waals surface area contributed by atoms with Crippen molar-refractivity contribution >= 4 is 23.7 Å². The lowest BCUT2D eigenvalue weighted by Gasteiger charge is -2.39. The van der Waals surface area contributed by atoms with Gasteiger partial charge in [-0.3, -0.25) is 9.62 Å². The van der Waals surface area contributed by atoms with Gasteiger partial charge < -0.3 is 10.1 Å². The van der Waals surface area contributed by atoms with Crippen molar-refractivity contribution in [2.45, 2.75) is 64.5 Å². The number of hydrogen-bond acceptors (Lipinski definition) is 8. The maximum Gasteiger partial charge on any atom is 0.237 e. The van der Waals surface area contributed by atoms with Gasteiger partial charge in [-0.05, 0) is 86.6 Å². The summed E-state index contributed by atoms with van der Waals surface area (Å²) in [6.45, 7) is 13.1. The van der Waals surface area contributed by atoms with E-state index in [-0.39, 0.29) is 6.10 Å². The van der Waals surface area contributed by atoms with E-state index in [2.05, 4.69) is 60.8 Å². The van der Waals surface area contributed by atoms with E-state index >= 15 is 0 Å². The second-order valence-corrected chi connectivity index (χ2v) is 13.1. The SMILES string of the molecule is Cc1cccc(C)c1-c1cc2nc(n1)NSc1cccc(n1)NCC1CC(CN(CCC(C)(C)C3CC3)C1)O2. The van der Waals surface area contributed by atoms with Crippen molar-refractivity contribution in [2.75, 3.05) is 36.2 Å². The molecule has 6 rings (SSSR count). The van der Waals surface area contributed by atoms with Gasteiger partial charge in [0.05, 0.1) is 5.69 Å². The Balaban J connectivity index is 1.32. The third kappa shape index (κ3) is 6.33. The van der Waals surface area contributed by atoms with E-state index in [9.17, 15) is 0 Å². The fourth-order valence-corrected chi connectivity index (χ4v) is 6.72. The van der Waals surface area contributed by atoms with E-state index in [1.807, 2.05) is 24.3 Å². The van der Waals surface area contributed by atoms with Crippen LogP contribution in [0.1, 0.15) is 50.7 Å². The third-order valence-corrected chi connectivity index (χ3v) is 9.32. The van der Waals surface area contributed by atoms with Gasteiger partial charge in [0.15, 0.2) is 0 Å². The van der Waals surface area contributed by atoms with Gasteiger partial charge in [-0.2, -0.15) is 4.98 Å². The van der Waals surface area contributed by atoms with Crippen LogP contribution in [0.5, 0.6) is 5.88 Å². The summed E-state index contributed by atoms with van der Waals surface area (Å²) >= 11 is 1.42. The minimum Gasteiger partial charge on any atom is -0.473 e. The van der Waals surface area contributed by atoms with Crippen LogP contribution in [0, 0.1) is 31.1 Å². The lowest BCUT2D eigenvalue weighted by atomic mass is 9.83. The maximum atomic E-state index is 6.70. The molecule has 0 amide bonds. The zero-order chi connectivity index (χ0) is 27.0. The molecule has 3 aliphatic rings. The number of hydrogen-bond donors (Lipinski definition) is 2. The first-order valence-electron chi connectivity index (χ1n) is 14.3. The molecule has 1 aromatic carbocycles. The first kappa shape index (κ1) is 26.4. The molecule has 7 nitrogen and oxygen atoms in total. The molecule has 8 heteroatoms. The number of piperidine rings is 1. The van der Waals surface area contributed by atoms with E-state index in [0.717, 1.165) is 60.6 Å². The summed E-state index contributed by atoms with van der Waals surface area (Å²) in [5.74, 6) is 3.41. The monoisotopic (exact) mass is 544 g/mol. The van der Waals surface area contributed by atoms with Gasteiger partial charge in [-0.25, -0.2) is 9.97 Å². The topological polar surface area (TPSA) is 75.2 Å². The minimum atomic E-state index is 0.0676. The molecule has 6 bridgehead atoms. The highest BCUT2D eigenvalue weighted by molar-refractivity contribution is 8.00. The van der Waals surface area contributed by atoms with Crippen molar-refractivity contribution in [1.82, 2.24) is 19.9 Å². The van der Waals surface area contributed by atoms with E-state index < -0.39 is 0 Å². The Labute approximate surface area is 236 Å². The summed E-state index contributed by atoms with van der Waals surface area (Å²) in [6, 6.07) is 14.5. The zero-order valence-electron chi connectivity index (χ0n) is 23.5. The minimum absolute atomic E-state index is 0.0676. The molecule has 39 heavy (non-hydrogen) atoms. The van der Waals surface area contributed by atoms with Crippen molar-refractivity contribution in [3.05, 3.63) is 53.6 Å². The Morgan fingerprint density at radius 2 is 1.82 bits per heavy atom. The predicted molar refractivity (Wildman–Crippen MR) is 159 cm³/mol. The molecule has 2 unspecified atom stereocenters. The first-order valence-corrected chi connectivity index (χ1v) is 15.1. The van der Waals surface area contributed by atoms with Crippen molar-refractivity contribution in [2.24, 2.45) is 17.3 Å². The summed E-state index contributed by atoms with van der Waals surface area (Å²) in [7, 11) is 0. The Hall–Kier alpha value is -2.84. The van der Waals surface area contributed by atoms with Crippen LogP contribution in [0.2, 0.25) is 0 Å². The van der Waals surface area contributed by atoms with Gasteiger partial charge in [0.25, 0.3) is 0 Å². The highest BCUT2D eigenvalue weighted by Gasteiger charge is 2.38. The number of likely N-dealkylation sites (tertiary alicyclic amines) is 1. The Bertz CT molecular complexity index is 1310. The number of anilines is 2. The van der Waals surface area contributed by atoms with Crippen molar-refractivity contribution < 1.29 is 4.74 Å². The molecule has 2 aliphatic heterocycles. The van der Waals surface area contributed by atoms with Gasteiger partial charge in [-0.1, -0.05) is 38.1 Å². The fourth-order valence-electron chi connectivity index (χ4n) is 6.14. The summed E-state index contributed by atoms with van der Waals surface area (Å²) in [6.07, 6.45) is 5.06. The largest absolute Gasteiger partial charge is 0.473 e. The molecular formula is C31H40N6OS. The van der Waals surface area contributed by atoms with Crippen molar-refractivity contribution in [3.63, 3.8) is 0 Å². The Kier molecular flexibility index (Phi) is 7.42. The zero-order valence-corrected chi connectivity index (χ0v) is 24.4. The first-order chi connectivity index (χ1) is 18.8. The number of fused-ring (bicyclic) bond motifs is 6. The predicted octanol–water partition coefficient (Wildman–Crippen LogP) is 6.60. The van der Waals surface area contributed by atoms with Crippen LogP contribution in [0.4, 0.5) is 11.8 Å². The molecule has 1 aliphatic carbocycles. The van der Waals surface area contributed by atoms with E-state index in [1.165, 1.54) is 42.3 Å². The standard InChI is InChI=1S/C31H40N6OS/c1-20-7-5-8-21(2)29(20)25-16-27-35-30(33-25)36-39-28-10-6-9-26(34-28)32-17-22-15-24(38-27)19-37(18-22)14-13-31(3,4)23-11-12-23/h5-10,16,22-24H,11-15,17-19H2,1-4H3,(H,32,34)(H,33,35,36). The average Bonchev–Trinajstić information content (AvgIpc) is 3.76. The summed E-state index contributed by atoms with van der Waals surface area (Å²) < 4.78 is 10.0. The van der Waals surface area contributed by atoms with Gasteiger partial charge >= 0.3 is 0 Å². The van der Waals surface area contributed by atoms with Gasteiger partial charge in [0, 0.05) is 43.2 Å². The molecular weight excluding hydrogens is 504 g/mol. The summed E-state index contributed by atoms with van der Waals surface area (Å²) in [5.41, 5.74) is 4.80. The molecule has 0 spiro atoms. The second-order valence-electron chi connectivity index (χ2n) is 12.2. The van der Waals surface area contributed by atoms with Crippen molar-refractivity contribution in [3.8, 4) is 17.1 Å². The second kappa shape index (κ2) is 11.0. The van der Waals surface area contributed by atoms with Crippen LogP contribution in [0.15, 0.2) is 47.5 Å². The number of aryl methyl sites for hydroxylation is 2. The molecule has 4 heterocycles. The molecule has 0 radical (unpaired) electrons. The number of aromatic nitrogens is 3. The molecule has 1 saturated carbocycles. The van der Waals surface area contributed by atoms with E-state index in [4.69, 9.17) is 19.7 Å². The van der Waals surface area contributed by atoms with Crippen LogP contribution < -0.4 is 14.8 Å². The number of benzene rings is 1. The number of nitrogens with one attached hydrogen (secondary N) is 2. The van der Waals surface area contributed by atoms with Crippen molar-refractivity contribution in [1.29, 1.82) is 0 Å². The number of ether oxygens (including phenoxy) is 1. The highest BCUT2D eigenvalue weighted by Crippen LogP contribution is 2.47. The number of rotatable bonds is 5. The van der Waals surface area contributed by atoms with Gasteiger partial charge in [0.1, 0.15) is 16.9 Å². The van der Waals surface area contributed by atoms with E-state index in [1.54, 1.807) is 0 Å². The maximum absolute atomic E-state index is 6.70. The van der Waals surface area contributed by atoms with Crippen LogP contribution in [-0.2, 0) is 0 Å². The van der Waals surface area contributed by atoms with Crippen LogP contribution >= 0.6 is 11.9 Å². The fraction of sp³-hybridized carbons (Fsp3) is 0.516. The molecule has 2 aromatic heterocycles. The van der Waals surface area contributed by atoms with Gasteiger partial charge in [-0.15, -0.1) is 0 Å². The summed E-state index contributed by atoms with van der Waals surface area (Å²) in [5, 5.41) is 4.47. The molecule has 2 fully saturated rings. The van der Waals surface area contributed by atoms with Crippen LogP contribution in [0.25, 0.3) is 11.3 Å². The molecule has 1 saturated heterocycles. The lowest BCUT2D eigenvalue weighted by Crippen LogP contribution is -2.48.